The number of hydrogen-bond donors (Lipinski definition) is 1. The Morgan fingerprint density at radius 1 is 1.17 bits per heavy atom. The van der Waals surface area contributed by atoms with Gasteiger partial charge in [0.05, 0.1) is 5.69 Å². The molecule has 0 spiro atoms. The predicted molar refractivity (Wildman–Crippen MR) is 73.2 cm³/mol. The van der Waals surface area contributed by atoms with E-state index in [0.29, 0.717) is 24.0 Å². The summed E-state index contributed by atoms with van der Waals surface area (Å²) in [6.45, 7) is 6.22. The Labute approximate surface area is 109 Å². The molecular formula is C14H24FN3. The first kappa shape index (κ1) is 14.9. The molecule has 0 aliphatic heterocycles. The summed E-state index contributed by atoms with van der Waals surface area (Å²) in [4.78, 5) is 7.97. The number of nitrogens with zero attached hydrogens (tertiary/aromatic N) is 2. The average molecular weight is 253 g/mol. The van der Waals surface area contributed by atoms with Gasteiger partial charge in [-0.1, -0.05) is 40.0 Å². The monoisotopic (exact) mass is 253 g/mol. The summed E-state index contributed by atoms with van der Waals surface area (Å²) >= 11 is 0. The molecule has 102 valence electrons. The van der Waals surface area contributed by atoms with Crippen LogP contribution in [0.15, 0.2) is 6.33 Å². The van der Waals surface area contributed by atoms with Crippen molar-refractivity contribution in [2.24, 2.45) is 0 Å². The van der Waals surface area contributed by atoms with Crippen molar-refractivity contribution < 1.29 is 4.39 Å². The minimum absolute atomic E-state index is 0.294. The molecule has 1 unspecified atom stereocenters. The maximum Gasteiger partial charge on any atom is 0.186 e. The molecule has 4 heteroatoms. The maximum absolute atomic E-state index is 14.0. The van der Waals surface area contributed by atoms with Gasteiger partial charge in [0.15, 0.2) is 11.6 Å². The van der Waals surface area contributed by atoms with Crippen LogP contribution in [-0.4, -0.2) is 16.0 Å². The van der Waals surface area contributed by atoms with E-state index in [4.69, 9.17) is 0 Å². The lowest BCUT2D eigenvalue weighted by Gasteiger charge is -2.19. The Morgan fingerprint density at radius 2 is 1.94 bits per heavy atom. The minimum Gasteiger partial charge on any atom is -0.365 e. The van der Waals surface area contributed by atoms with Crippen LogP contribution in [0.25, 0.3) is 0 Å². The molecule has 0 bridgehead atoms. The molecule has 0 aromatic carbocycles. The summed E-state index contributed by atoms with van der Waals surface area (Å²) in [5.74, 6) is 0.0639. The molecule has 0 saturated heterocycles. The molecule has 1 N–H and O–H groups in total. The quantitative estimate of drug-likeness (QED) is 0.762. The van der Waals surface area contributed by atoms with Crippen molar-refractivity contribution in [2.45, 2.75) is 65.3 Å². The molecule has 1 atom stereocenters. The van der Waals surface area contributed by atoms with E-state index in [2.05, 4.69) is 29.1 Å². The van der Waals surface area contributed by atoms with Crippen LogP contribution in [0.5, 0.6) is 0 Å². The predicted octanol–water partition coefficient (Wildman–Crippen LogP) is 3.95. The molecule has 0 radical (unpaired) electrons. The highest BCUT2D eigenvalue weighted by Crippen LogP contribution is 2.18. The lowest BCUT2D eigenvalue weighted by atomic mass is 10.1. The van der Waals surface area contributed by atoms with Gasteiger partial charge in [-0.2, -0.15) is 0 Å². The van der Waals surface area contributed by atoms with Crippen molar-refractivity contribution in [1.82, 2.24) is 9.97 Å². The van der Waals surface area contributed by atoms with Gasteiger partial charge in [0, 0.05) is 6.04 Å². The van der Waals surface area contributed by atoms with Crippen molar-refractivity contribution in [3.05, 3.63) is 17.8 Å². The minimum atomic E-state index is -0.294. The fourth-order valence-electron chi connectivity index (χ4n) is 2.03. The molecular weight excluding hydrogens is 229 g/mol. The van der Waals surface area contributed by atoms with Gasteiger partial charge in [-0.15, -0.1) is 0 Å². The normalized spacial score (nSPS) is 12.4. The van der Waals surface area contributed by atoms with E-state index < -0.39 is 0 Å². The van der Waals surface area contributed by atoms with Gasteiger partial charge in [0.1, 0.15) is 6.33 Å². The molecule has 3 nitrogen and oxygen atoms in total. The van der Waals surface area contributed by atoms with E-state index in [0.717, 1.165) is 32.1 Å². The van der Waals surface area contributed by atoms with Gasteiger partial charge < -0.3 is 5.32 Å². The van der Waals surface area contributed by atoms with Crippen molar-refractivity contribution in [3.8, 4) is 0 Å². The fourth-order valence-corrected chi connectivity index (χ4v) is 2.03. The summed E-state index contributed by atoms with van der Waals surface area (Å²) in [6.07, 6.45) is 7.55. The number of anilines is 1. The Bertz CT molecular complexity index is 355. The van der Waals surface area contributed by atoms with Crippen LogP contribution in [0.3, 0.4) is 0 Å². The molecule has 1 rings (SSSR count). The third kappa shape index (κ3) is 4.24. The van der Waals surface area contributed by atoms with E-state index in [1.54, 1.807) is 0 Å². The van der Waals surface area contributed by atoms with Gasteiger partial charge in [0.25, 0.3) is 0 Å². The summed E-state index contributed by atoms with van der Waals surface area (Å²) in [5, 5.41) is 3.23. The van der Waals surface area contributed by atoms with Crippen LogP contribution >= 0.6 is 0 Å². The third-order valence-corrected chi connectivity index (χ3v) is 3.08. The Hall–Kier alpha value is -1.19. The smallest absolute Gasteiger partial charge is 0.186 e. The highest BCUT2D eigenvalue weighted by Gasteiger charge is 2.13. The molecule has 0 amide bonds. The summed E-state index contributed by atoms with van der Waals surface area (Å²) in [6, 6.07) is 0.309. The number of unbranched alkanes of at least 4 members (excludes halogenated alkanes) is 1. The zero-order chi connectivity index (χ0) is 13.4. The van der Waals surface area contributed by atoms with Crippen molar-refractivity contribution >= 4 is 5.82 Å². The van der Waals surface area contributed by atoms with Gasteiger partial charge >= 0.3 is 0 Å². The molecule has 1 aromatic heterocycles. The van der Waals surface area contributed by atoms with Crippen LogP contribution in [0.4, 0.5) is 10.2 Å². The first-order valence-electron chi connectivity index (χ1n) is 6.98. The Balaban J connectivity index is 2.73. The third-order valence-electron chi connectivity index (χ3n) is 3.08. The van der Waals surface area contributed by atoms with Gasteiger partial charge in [-0.05, 0) is 19.3 Å². The SMILES string of the molecule is CCCCC(CCC)Nc1ncnc(CC)c1F. The molecule has 0 aliphatic rings. The molecule has 0 saturated carbocycles. The summed E-state index contributed by atoms with van der Waals surface area (Å²) in [7, 11) is 0. The van der Waals surface area contributed by atoms with E-state index in [9.17, 15) is 4.39 Å². The van der Waals surface area contributed by atoms with E-state index in [1.165, 1.54) is 6.33 Å². The Kier molecular flexibility index (Phi) is 6.61. The lowest BCUT2D eigenvalue weighted by Crippen LogP contribution is -2.21. The van der Waals surface area contributed by atoms with E-state index in [-0.39, 0.29) is 5.82 Å². The van der Waals surface area contributed by atoms with E-state index >= 15 is 0 Å². The standard InChI is InChI=1S/C14H24FN3/c1-4-7-9-11(8-5-2)18-14-13(15)12(6-3)16-10-17-14/h10-11H,4-9H2,1-3H3,(H,16,17,18). The number of halogens is 1. The highest BCUT2D eigenvalue weighted by molar-refractivity contribution is 5.38. The van der Waals surface area contributed by atoms with Gasteiger partial charge in [-0.3, -0.25) is 0 Å². The second-order valence-corrected chi connectivity index (χ2v) is 4.61. The molecule has 1 heterocycles. The Morgan fingerprint density at radius 3 is 2.56 bits per heavy atom. The van der Waals surface area contributed by atoms with E-state index in [1.807, 2.05) is 6.92 Å². The van der Waals surface area contributed by atoms with Crippen LogP contribution in [0, 0.1) is 5.82 Å². The van der Waals surface area contributed by atoms with Gasteiger partial charge in [-0.25, -0.2) is 14.4 Å². The number of hydrogen-bond acceptors (Lipinski definition) is 3. The van der Waals surface area contributed by atoms with Crippen LogP contribution in [0.2, 0.25) is 0 Å². The van der Waals surface area contributed by atoms with Crippen LogP contribution < -0.4 is 5.32 Å². The van der Waals surface area contributed by atoms with Crippen molar-refractivity contribution in [3.63, 3.8) is 0 Å². The number of aromatic nitrogens is 2. The molecule has 0 fully saturated rings. The molecule has 1 aromatic rings. The fraction of sp³-hybridized carbons (Fsp3) is 0.714. The average Bonchev–Trinajstić information content (AvgIpc) is 2.38. The number of nitrogens with one attached hydrogen (secondary N) is 1. The summed E-state index contributed by atoms with van der Waals surface area (Å²) < 4.78 is 14.0. The van der Waals surface area contributed by atoms with Crippen molar-refractivity contribution in [2.75, 3.05) is 5.32 Å². The highest BCUT2D eigenvalue weighted by atomic mass is 19.1. The van der Waals surface area contributed by atoms with Crippen LogP contribution in [0.1, 0.15) is 58.6 Å². The topological polar surface area (TPSA) is 37.8 Å². The van der Waals surface area contributed by atoms with Gasteiger partial charge in [0.2, 0.25) is 0 Å². The second kappa shape index (κ2) is 8.01. The van der Waals surface area contributed by atoms with Crippen LogP contribution in [-0.2, 0) is 6.42 Å². The first-order chi connectivity index (χ1) is 8.72. The van der Waals surface area contributed by atoms with Crippen molar-refractivity contribution in [1.29, 1.82) is 0 Å². The molecule has 0 aliphatic carbocycles. The molecule has 18 heavy (non-hydrogen) atoms. The first-order valence-corrected chi connectivity index (χ1v) is 6.98. The lowest BCUT2D eigenvalue weighted by molar-refractivity contribution is 0.548. The zero-order valence-electron chi connectivity index (χ0n) is 11.7. The largest absolute Gasteiger partial charge is 0.365 e. The second-order valence-electron chi connectivity index (χ2n) is 4.61. The number of rotatable bonds is 8. The maximum atomic E-state index is 14.0. The number of aryl methyl sites for hydroxylation is 1. The summed E-state index contributed by atoms with van der Waals surface area (Å²) in [5.41, 5.74) is 0.484. The zero-order valence-corrected chi connectivity index (χ0v) is 11.7.